The van der Waals surface area contributed by atoms with E-state index in [9.17, 15) is 0 Å². The molecular weight excluding hydrogens is 153 g/mol. The third kappa shape index (κ3) is 3.58. The van der Waals surface area contributed by atoms with Crippen molar-refractivity contribution in [3.8, 4) is 6.07 Å². The van der Waals surface area contributed by atoms with Crippen LogP contribution in [0.4, 0.5) is 0 Å². The van der Waals surface area contributed by atoms with Crippen LogP contribution < -0.4 is 0 Å². The van der Waals surface area contributed by atoms with E-state index >= 15 is 0 Å². The van der Waals surface area contributed by atoms with Crippen LogP contribution in [0.5, 0.6) is 0 Å². The molecule has 0 aliphatic carbocycles. The first-order valence-corrected chi connectivity index (χ1v) is 4.09. The second-order valence-corrected chi connectivity index (χ2v) is 3.82. The van der Waals surface area contributed by atoms with Crippen LogP contribution in [0.2, 0.25) is 5.32 Å². The molecular formula is C5H7NSe. The van der Waals surface area contributed by atoms with Crippen LogP contribution in [0.25, 0.3) is 0 Å². The SMILES string of the molecule is C=C(C#N)[Se]CC. The molecule has 0 aromatic carbocycles. The van der Waals surface area contributed by atoms with Gasteiger partial charge in [0.05, 0.1) is 0 Å². The molecule has 38 valence electrons. The molecule has 7 heavy (non-hydrogen) atoms. The average molecular weight is 160 g/mol. The van der Waals surface area contributed by atoms with Crippen molar-refractivity contribution in [2.24, 2.45) is 0 Å². The Morgan fingerprint density at radius 1 is 2.00 bits per heavy atom. The van der Waals surface area contributed by atoms with Gasteiger partial charge in [0.2, 0.25) is 0 Å². The van der Waals surface area contributed by atoms with Crippen molar-refractivity contribution in [3.63, 3.8) is 0 Å². The summed E-state index contributed by atoms with van der Waals surface area (Å²) >= 11 is 0.370. The van der Waals surface area contributed by atoms with Crippen molar-refractivity contribution in [3.05, 3.63) is 11.1 Å². The summed E-state index contributed by atoms with van der Waals surface area (Å²) in [5.41, 5.74) is 0. The van der Waals surface area contributed by atoms with Crippen LogP contribution in [-0.4, -0.2) is 15.0 Å². The third-order valence-corrected chi connectivity index (χ3v) is 1.97. The van der Waals surface area contributed by atoms with E-state index in [1.807, 2.05) is 6.07 Å². The Labute approximate surface area is 50.2 Å². The number of allylic oxidation sites excluding steroid dienone is 1. The summed E-state index contributed by atoms with van der Waals surface area (Å²) in [6.07, 6.45) is 0. The van der Waals surface area contributed by atoms with Crippen molar-refractivity contribution in [2.45, 2.75) is 12.2 Å². The zero-order chi connectivity index (χ0) is 5.70. The van der Waals surface area contributed by atoms with Crippen LogP contribution in [0.15, 0.2) is 11.1 Å². The van der Waals surface area contributed by atoms with Gasteiger partial charge in [0, 0.05) is 0 Å². The molecule has 0 fully saturated rings. The van der Waals surface area contributed by atoms with E-state index in [-0.39, 0.29) is 0 Å². The Morgan fingerprint density at radius 3 is 2.71 bits per heavy atom. The average Bonchev–Trinajstić information content (AvgIpc) is 1.68. The molecule has 0 N–H and O–H groups in total. The molecule has 0 rings (SSSR count). The second kappa shape index (κ2) is 3.92. The Kier molecular flexibility index (Phi) is 3.78. The van der Waals surface area contributed by atoms with Gasteiger partial charge in [-0.25, -0.2) is 0 Å². The topological polar surface area (TPSA) is 23.8 Å². The van der Waals surface area contributed by atoms with Crippen LogP contribution >= 0.6 is 0 Å². The molecule has 0 aromatic rings. The first-order valence-electron chi connectivity index (χ1n) is 2.03. The van der Waals surface area contributed by atoms with Gasteiger partial charge >= 0.3 is 49.6 Å². The summed E-state index contributed by atoms with van der Waals surface area (Å²) < 4.78 is 0.745. The normalized spacial score (nSPS) is 7.43. The second-order valence-electron chi connectivity index (χ2n) is 0.968. The molecule has 0 saturated carbocycles. The maximum absolute atomic E-state index is 8.13. The van der Waals surface area contributed by atoms with Crippen LogP contribution in [0.1, 0.15) is 6.92 Å². The van der Waals surface area contributed by atoms with Gasteiger partial charge in [0.25, 0.3) is 0 Å². The minimum absolute atomic E-state index is 0.370. The zero-order valence-corrected chi connectivity index (χ0v) is 5.98. The van der Waals surface area contributed by atoms with Crippen molar-refractivity contribution in [1.29, 1.82) is 5.26 Å². The van der Waals surface area contributed by atoms with Crippen molar-refractivity contribution in [1.82, 2.24) is 0 Å². The number of nitriles is 1. The molecule has 2 heteroatoms. The summed E-state index contributed by atoms with van der Waals surface area (Å²) in [5.74, 6) is 0. The predicted octanol–water partition coefficient (Wildman–Crippen LogP) is 1.17. The fourth-order valence-corrected chi connectivity index (χ4v) is 1.07. The monoisotopic (exact) mass is 161 g/mol. The molecule has 0 aliphatic heterocycles. The molecule has 0 amide bonds. The Balaban J connectivity index is 3.24. The molecule has 1 nitrogen and oxygen atoms in total. The molecule has 0 atom stereocenters. The number of hydrogen-bond acceptors (Lipinski definition) is 1. The van der Waals surface area contributed by atoms with E-state index in [0.717, 1.165) is 9.79 Å². The first kappa shape index (κ1) is 6.75. The molecule has 0 radical (unpaired) electrons. The van der Waals surface area contributed by atoms with Gasteiger partial charge in [-0.3, -0.25) is 0 Å². The predicted molar refractivity (Wildman–Crippen MR) is 31.0 cm³/mol. The summed E-state index contributed by atoms with van der Waals surface area (Å²) in [7, 11) is 0. The van der Waals surface area contributed by atoms with Gasteiger partial charge in [-0.2, -0.15) is 0 Å². The van der Waals surface area contributed by atoms with E-state index < -0.39 is 0 Å². The molecule has 0 aromatic heterocycles. The fraction of sp³-hybridized carbons (Fsp3) is 0.400. The van der Waals surface area contributed by atoms with E-state index in [1.54, 1.807) is 0 Å². The standard InChI is InChI=1S/C5H7NSe/c1-3-7-5(2)4-6/h2-3H2,1H3. The van der Waals surface area contributed by atoms with Gasteiger partial charge in [0.1, 0.15) is 0 Å². The first-order chi connectivity index (χ1) is 3.31. The van der Waals surface area contributed by atoms with Gasteiger partial charge in [0.15, 0.2) is 0 Å². The molecule has 0 saturated heterocycles. The van der Waals surface area contributed by atoms with Crippen molar-refractivity contribution >= 4 is 15.0 Å². The van der Waals surface area contributed by atoms with Gasteiger partial charge in [-0.1, -0.05) is 0 Å². The maximum atomic E-state index is 8.13. The van der Waals surface area contributed by atoms with Crippen LogP contribution in [0, 0.1) is 11.3 Å². The van der Waals surface area contributed by atoms with E-state index in [1.165, 1.54) is 0 Å². The van der Waals surface area contributed by atoms with Gasteiger partial charge in [-0.15, -0.1) is 0 Å². The Morgan fingerprint density at radius 2 is 2.57 bits per heavy atom. The molecule has 0 unspecified atom stereocenters. The Hall–Kier alpha value is -0.251. The molecule has 0 heterocycles. The summed E-state index contributed by atoms with van der Waals surface area (Å²) in [4.78, 5) is 0. The minimum atomic E-state index is 0.370. The summed E-state index contributed by atoms with van der Waals surface area (Å²) in [6.45, 7) is 5.59. The van der Waals surface area contributed by atoms with E-state index in [4.69, 9.17) is 5.26 Å². The summed E-state index contributed by atoms with van der Waals surface area (Å²) in [5, 5.41) is 9.21. The molecule has 0 spiro atoms. The van der Waals surface area contributed by atoms with Crippen molar-refractivity contribution < 1.29 is 0 Å². The molecule has 0 bridgehead atoms. The van der Waals surface area contributed by atoms with Crippen molar-refractivity contribution in [2.75, 3.05) is 0 Å². The van der Waals surface area contributed by atoms with Crippen LogP contribution in [0.3, 0.4) is 0 Å². The number of hydrogen-bond donors (Lipinski definition) is 0. The Bertz CT molecular complexity index is 101. The number of nitrogens with zero attached hydrogens (tertiary/aromatic N) is 1. The number of rotatable bonds is 2. The van der Waals surface area contributed by atoms with Crippen LogP contribution in [-0.2, 0) is 0 Å². The quantitative estimate of drug-likeness (QED) is 0.439. The molecule has 0 aliphatic rings. The zero-order valence-electron chi connectivity index (χ0n) is 4.27. The fourth-order valence-electron chi connectivity index (χ4n) is 0.207. The van der Waals surface area contributed by atoms with Gasteiger partial charge in [-0.05, 0) is 0 Å². The van der Waals surface area contributed by atoms with Gasteiger partial charge < -0.3 is 0 Å². The summed E-state index contributed by atoms with van der Waals surface area (Å²) in [6, 6.07) is 2.00. The van der Waals surface area contributed by atoms with E-state index in [0.29, 0.717) is 15.0 Å². The third-order valence-electron chi connectivity index (χ3n) is 0.443. The van der Waals surface area contributed by atoms with E-state index in [2.05, 4.69) is 13.5 Å².